The van der Waals surface area contributed by atoms with Gasteiger partial charge in [0.25, 0.3) is 0 Å². The molecule has 3 aliphatic rings. The molecule has 2 fully saturated rings. The fourth-order valence-electron chi connectivity index (χ4n) is 3.15. The van der Waals surface area contributed by atoms with Gasteiger partial charge in [-0.25, -0.2) is 0 Å². The Labute approximate surface area is 111 Å². The molecule has 19 heavy (non-hydrogen) atoms. The first-order valence-electron chi connectivity index (χ1n) is 6.46. The van der Waals surface area contributed by atoms with Gasteiger partial charge in [0.15, 0.2) is 11.5 Å². The molecule has 0 aliphatic carbocycles. The average molecular weight is 264 g/mol. The topological polar surface area (TPSA) is 57.2 Å². The van der Waals surface area contributed by atoms with E-state index in [0.29, 0.717) is 26.4 Å². The molecule has 5 heteroatoms. The van der Waals surface area contributed by atoms with Crippen molar-refractivity contribution in [2.45, 2.75) is 5.41 Å². The first-order valence-corrected chi connectivity index (χ1v) is 6.46. The molecule has 0 unspecified atom stereocenters. The summed E-state index contributed by atoms with van der Waals surface area (Å²) >= 11 is 0. The van der Waals surface area contributed by atoms with Gasteiger partial charge in [0.2, 0.25) is 6.79 Å². The summed E-state index contributed by atoms with van der Waals surface area (Å²) in [5.41, 5.74) is 0.750. The maximum atomic E-state index is 9.80. The molecular formula is C14H16O5. The number of ether oxygens (including phenoxy) is 4. The van der Waals surface area contributed by atoms with Crippen LogP contribution in [-0.4, -0.2) is 44.9 Å². The molecule has 0 saturated carbocycles. The van der Waals surface area contributed by atoms with Gasteiger partial charge in [-0.3, -0.25) is 0 Å². The van der Waals surface area contributed by atoms with Crippen LogP contribution in [0.15, 0.2) is 18.2 Å². The lowest BCUT2D eigenvalue weighted by molar-refractivity contribution is -0.242. The highest BCUT2D eigenvalue weighted by Crippen LogP contribution is 2.52. The highest BCUT2D eigenvalue weighted by Gasteiger charge is 2.61. The van der Waals surface area contributed by atoms with E-state index in [2.05, 4.69) is 0 Å². The van der Waals surface area contributed by atoms with E-state index in [1.165, 1.54) is 0 Å². The lowest BCUT2D eigenvalue weighted by Crippen LogP contribution is -2.68. The summed E-state index contributed by atoms with van der Waals surface area (Å²) in [6.07, 6.45) is 0. The molecule has 1 aromatic carbocycles. The van der Waals surface area contributed by atoms with E-state index in [1.807, 2.05) is 18.2 Å². The Kier molecular flexibility index (Phi) is 2.33. The Balaban J connectivity index is 1.76. The van der Waals surface area contributed by atoms with Gasteiger partial charge in [0.1, 0.15) is 0 Å². The van der Waals surface area contributed by atoms with E-state index in [1.54, 1.807) is 0 Å². The summed E-state index contributed by atoms with van der Waals surface area (Å²) in [6.45, 7) is 2.80. The molecule has 0 spiro atoms. The van der Waals surface area contributed by atoms with Crippen LogP contribution in [0.25, 0.3) is 0 Å². The van der Waals surface area contributed by atoms with E-state index in [9.17, 15) is 5.11 Å². The first kappa shape index (κ1) is 11.5. The molecule has 0 atom stereocenters. The number of fused-ring (bicyclic) bond motifs is 1. The molecule has 0 aromatic heterocycles. The van der Waals surface area contributed by atoms with Crippen molar-refractivity contribution in [2.24, 2.45) is 5.41 Å². The molecule has 0 radical (unpaired) electrons. The number of rotatable bonds is 3. The molecular weight excluding hydrogens is 248 g/mol. The van der Waals surface area contributed by atoms with Crippen molar-refractivity contribution < 1.29 is 24.1 Å². The number of hydrogen-bond acceptors (Lipinski definition) is 5. The van der Waals surface area contributed by atoms with Gasteiger partial charge in [-0.1, -0.05) is 6.07 Å². The van der Waals surface area contributed by atoms with E-state index in [-0.39, 0.29) is 24.2 Å². The van der Waals surface area contributed by atoms with Crippen LogP contribution < -0.4 is 9.47 Å². The van der Waals surface area contributed by atoms with Crippen molar-refractivity contribution in [3.05, 3.63) is 23.8 Å². The van der Waals surface area contributed by atoms with E-state index in [4.69, 9.17) is 18.9 Å². The summed E-state index contributed by atoms with van der Waals surface area (Å²) in [4.78, 5) is 0. The van der Waals surface area contributed by atoms with E-state index >= 15 is 0 Å². The van der Waals surface area contributed by atoms with Crippen LogP contribution in [0.2, 0.25) is 0 Å². The molecule has 1 N–H and O–H groups in total. The van der Waals surface area contributed by atoms with Crippen LogP contribution in [0.1, 0.15) is 5.56 Å². The number of benzene rings is 1. The molecule has 3 aliphatic heterocycles. The Bertz CT molecular complexity index is 499. The lowest BCUT2D eigenvalue weighted by atomic mass is 9.57. The third-order valence-electron chi connectivity index (χ3n) is 4.70. The number of aliphatic hydroxyl groups is 1. The van der Waals surface area contributed by atoms with Crippen molar-refractivity contribution in [2.75, 3.05) is 39.8 Å². The van der Waals surface area contributed by atoms with Crippen LogP contribution in [0.3, 0.4) is 0 Å². The monoisotopic (exact) mass is 264 g/mol. The van der Waals surface area contributed by atoms with E-state index in [0.717, 1.165) is 17.1 Å². The summed E-state index contributed by atoms with van der Waals surface area (Å²) in [5.74, 6) is 1.55. The second-order valence-corrected chi connectivity index (χ2v) is 5.57. The van der Waals surface area contributed by atoms with Gasteiger partial charge in [-0.2, -0.15) is 0 Å². The second kappa shape index (κ2) is 3.85. The van der Waals surface area contributed by atoms with Crippen molar-refractivity contribution in [3.8, 4) is 11.5 Å². The fraction of sp³-hybridized carbons (Fsp3) is 0.571. The maximum absolute atomic E-state index is 9.80. The van der Waals surface area contributed by atoms with Crippen LogP contribution >= 0.6 is 0 Å². The van der Waals surface area contributed by atoms with E-state index < -0.39 is 0 Å². The van der Waals surface area contributed by atoms with Crippen molar-refractivity contribution in [1.29, 1.82) is 0 Å². The van der Waals surface area contributed by atoms with Crippen LogP contribution in [-0.2, 0) is 14.9 Å². The van der Waals surface area contributed by atoms with Crippen LogP contribution in [0.5, 0.6) is 11.5 Å². The third kappa shape index (κ3) is 1.35. The van der Waals surface area contributed by atoms with Crippen LogP contribution in [0.4, 0.5) is 0 Å². The van der Waals surface area contributed by atoms with Crippen LogP contribution in [0, 0.1) is 5.41 Å². The summed E-state index contributed by atoms with van der Waals surface area (Å²) < 4.78 is 21.6. The first-order chi connectivity index (χ1) is 9.30. The van der Waals surface area contributed by atoms with Gasteiger partial charge >= 0.3 is 0 Å². The number of hydrogen-bond donors (Lipinski definition) is 1. The highest BCUT2D eigenvalue weighted by molar-refractivity contribution is 5.48. The Morgan fingerprint density at radius 3 is 2.32 bits per heavy atom. The quantitative estimate of drug-likeness (QED) is 0.870. The molecule has 102 valence electrons. The predicted octanol–water partition coefficient (Wildman–Crippen LogP) is 0.692. The SMILES string of the molecule is OCC1(C2(c3ccc4c(c3)OCO4)COC2)COC1. The molecule has 3 heterocycles. The average Bonchev–Trinajstić information content (AvgIpc) is 2.78. The van der Waals surface area contributed by atoms with Crippen molar-refractivity contribution >= 4 is 0 Å². The predicted molar refractivity (Wildman–Crippen MR) is 65.4 cm³/mol. The normalized spacial score (nSPS) is 25.5. The third-order valence-corrected chi connectivity index (χ3v) is 4.70. The maximum Gasteiger partial charge on any atom is 0.231 e. The van der Waals surface area contributed by atoms with Gasteiger partial charge in [0.05, 0.1) is 43.9 Å². The zero-order valence-corrected chi connectivity index (χ0v) is 10.6. The standard InChI is InChI=1S/C14H16O5/c15-4-13(5-16-6-13)14(7-17-8-14)10-1-2-11-12(3-10)19-9-18-11/h1-3,15H,4-9H2. The minimum absolute atomic E-state index is 0.116. The van der Waals surface area contributed by atoms with Crippen molar-refractivity contribution in [1.82, 2.24) is 0 Å². The molecule has 2 saturated heterocycles. The molecule has 1 aromatic rings. The van der Waals surface area contributed by atoms with Crippen molar-refractivity contribution in [3.63, 3.8) is 0 Å². The largest absolute Gasteiger partial charge is 0.454 e. The van der Waals surface area contributed by atoms with Gasteiger partial charge < -0.3 is 24.1 Å². The Hall–Kier alpha value is -1.30. The fourth-order valence-corrected chi connectivity index (χ4v) is 3.15. The van der Waals surface area contributed by atoms with Gasteiger partial charge in [0, 0.05) is 0 Å². The van der Waals surface area contributed by atoms with Gasteiger partial charge in [-0.05, 0) is 17.7 Å². The summed E-state index contributed by atoms with van der Waals surface area (Å²) in [5, 5.41) is 9.80. The molecule has 5 nitrogen and oxygen atoms in total. The Morgan fingerprint density at radius 2 is 1.74 bits per heavy atom. The zero-order chi connectivity index (χ0) is 12.9. The second-order valence-electron chi connectivity index (χ2n) is 5.57. The molecule has 0 bridgehead atoms. The minimum atomic E-state index is -0.223. The minimum Gasteiger partial charge on any atom is -0.454 e. The summed E-state index contributed by atoms with van der Waals surface area (Å²) in [7, 11) is 0. The molecule has 0 amide bonds. The lowest BCUT2D eigenvalue weighted by Gasteiger charge is -2.58. The summed E-state index contributed by atoms with van der Waals surface area (Å²) in [6, 6.07) is 5.99. The number of aliphatic hydroxyl groups excluding tert-OH is 1. The molecule has 4 rings (SSSR count). The highest BCUT2D eigenvalue weighted by atomic mass is 16.7. The Morgan fingerprint density at radius 1 is 1.00 bits per heavy atom. The van der Waals surface area contributed by atoms with Gasteiger partial charge in [-0.15, -0.1) is 0 Å². The smallest absolute Gasteiger partial charge is 0.231 e. The zero-order valence-electron chi connectivity index (χ0n) is 10.6.